The Morgan fingerprint density at radius 1 is 1.27 bits per heavy atom. The fraction of sp³-hybridized carbons (Fsp3) is 0.538. The van der Waals surface area contributed by atoms with Crippen molar-refractivity contribution in [2.24, 2.45) is 23.0 Å². The SMILES string of the molecule is C=C(/C=C(\C(C)C)C(C(C)(C)CC[C@@H](C)OC)C(O)(O)OC(=N)N)c1cc(C)cc(C#N)c1. The Morgan fingerprint density at radius 2 is 1.88 bits per heavy atom. The van der Waals surface area contributed by atoms with E-state index in [2.05, 4.69) is 12.6 Å². The molecule has 0 aliphatic carbocycles. The van der Waals surface area contributed by atoms with E-state index in [0.717, 1.165) is 11.1 Å². The molecule has 2 atom stereocenters. The Balaban J connectivity index is 3.61. The molecule has 0 saturated heterocycles. The first kappa shape index (κ1) is 28.4. The minimum absolute atomic E-state index is 0.0106. The lowest BCUT2D eigenvalue weighted by molar-refractivity contribution is -0.341. The van der Waals surface area contributed by atoms with Gasteiger partial charge in [-0.25, -0.2) is 0 Å². The van der Waals surface area contributed by atoms with Gasteiger partial charge in [-0.05, 0) is 66.9 Å². The fourth-order valence-electron chi connectivity index (χ4n) is 4.14. The van der Waals surface area contributed by atoms with E-state index in [0.29, 0.717) is 29.6 Å². The van der Waals surface area contributed by atoms with Crippen molar-refractivity contribution in [3.63, 3.8) is 0 Å². The molecule has 0 aliphatic heterocycles. The van der Waals surface area contributed by atoms with E-state index >= 15 is 0 Å². The molecule has 0 saturated carbocycles. The summed E-state index contributed by atoms with van der Waals surface area (Å²) in [6.45, 7) is 15.8. The molecular formula is C26H39N3O4. The Morgan fingerprint density at radius 3 is 2.36 bits per heavy atom. The number of benzene rings is 1. The number of hydrogen-bond acceptors (Lipinski definition) is 6. The molecule has 0 bridgehead atoms. The summed E-state index contributed by atoms with van der Waals surface area (Å²) in [7, 11) is 1.64. The van der Waals surface area contributed by atoms with Gasteiger partial charge in [0.2, 0.25) is 0 Å². The highest BCUT2D eigenvalue weighted by atomic mass is 16.8. The van der Waals surface area contributed by atoms with Crippen LogP contribution in [0.3, 0.4) is 0 Å². The number of methoxy groups -OCH3 is 1. The first-order chi connectivity index (χ1) is 15.1. The zero-order valence-electron chi connectivity index (χ0n) is 20.9. The summed E-state index contributed by atoms with van der Waals surface area (Å²) in [6.07, 6.45) is 3.09. The topological polar surface area (TPSA) is 133 Å². The Hall–Kier alpha value is -2.66. The molecule has 0 radical (unpaired) electrons. The number of nitriles is 1. The van der Waals surface area contributed by atoms with Gasteiger partial charge in [0.1, 0.15) is 0 Å². The lowest BCUT2D eigenvalue weighted by Gasteiger charge is -2.44. The molecule has 1 aromatic carbocycles. The second kappa shape index (κ2) is 11.5. The monoisotopic (exact) mass is 457 g/mol. The van der Waals surface area contributed by atoms with E-state index in [1.54, 1.807) is 19.2 Å². The molecule has 1 unspecified atom stereocenters. The average molecular weight is 458 g/mol. The second-order valence-electron chi connectivity index (χ2n) is 9.66. The molecular weight excluding hydrogens is 418 g/mol. The molecule has 1 rings (SSSR count). The molecule has 1 aromatic rings. The minimum Gasteiger partial charge on any atom is -0.407 e. The van der Waals surface area contributed by atoms with Gasteiger partial charge in [-0.1, -0.05) is 52.0 Å². The molecule has 0 aromatic heterocycles. The summed E-state index contributed by atoms with van der Waals surface area (Å²) in [5.74, 6) is -3.76. The van der Waals surface area contributed by atoms with Crippen molar-refractivity contribution in [3.05, 3.63) is 53.1 Å². The predicted molar refractivity (Wildman–Crippen MR) is 131 cm³/mol. The van der Waals surface area contributed by atoms with Crippen molar-refractivity contribution < 1.29 is 19.7 Å². The van der Waals surface area contributed by atoms with Crippen LogP contribution in [0.15, 0.2) is 36.4 Å². The molecule has 33 heavy (non-hydrogen) atoms. The van der Waals surface area contributed by atoms with Crippen molar-refractivity contribution in [1.29, 1.82) is 10.7 Å². The first-order valence-corrected chi connectivity index (χ1v) is 11.1. The van der Waals surface area contributed by atoms with Crippen molar-refractivity contribution >= 4 is 11.6 Å². The molecule has 7 nitrogen and oxygen atoms in total. The normalized spacial score (nSPS) is 14.5. The fourth-order valence-corrected chi connectivity index (χ4v) is 4.14. The average Bonchev–Trinajstić information content (AvgIpc) is 2.69. The van der Waals surface area contributed by atoms with Crippen LogP contribution in [0.4, 0.5) is 0 Å². The third-order valence-electron chi connectivity index (χ3n) is 5.93. The number of hydrogen-bond donors (Lipinski definition) is 4. The second-order valence-corrected chi connectivity index (χ2v) is 9.66. The van der Waals surface area contributed by atoms with Crippen LogP contribution in [-0.2, 0) is 9.47 Å². The third-order valence-corrected chi connectivity index (χ3v) is 5.93. The van der Waals surface area contributed by atoms with Crippen molar-refractivity contribution in [3.8, 4) is 6.07 Å². The summed E-state index contributed by atoms with van der Waals surface area (Å²) in [5, 5.41) is 38.8. The highest BCUT2D eigenvalue weighted by Gasteiger charge is 2.49. The highest BCUT2D eigenvalue weighted by Crippen LogP contribution is 2.46. The van der Waals surface area contributed by atoms with Crippen LogP contribution in [0.2, 0.25) is 0 Å². The number of ether oxygens (including phenoxy) is 2. The maximum atomic E-state index is 11.0. The van der Waals surface area contributed by atoms with E-state index in [-0.39, 0.29) is 12.0 Å². The standard InChI is InChI=1S/C26H39N3O4/c1-16(2)22(13-18(4)21-12-17(3)11-20(14-21)15-27)23(26(30,31)33-24(28)29)25(6,7)10-9-19(5)32-8/h11-14,16,19,23,30-31H,4,9-10H2,1-3,5-8H3,(H3,28,29)/b22-13+/t19-,23?/m1/s1. The van der Waals surface area contributed by atoms with Crippen LogP contribution in [0, 0.1) is 40.9 Å². The zero-order chi connectivity index (χ0) is 25.6. The maximum absolute atomic E-state index is 11.0. The lowest BCUT2D eigenvalue weighted by Crippen LogP contribution is -2.51. The van der Waals surface area contributed by atoms with E-state index in [9.17, 15) is 15.5 Å². The van der Waals surface area contributed by atoms with Crippen LogP contribution < -0.4 is 5.73 Å². The summed E-state index contributed by atoms with van der Waals surface area (Å²) in [4.78, 5) is 0. The van der Waals surface area contributed by atoms with Gasteiger partial charge in [0.15, 0.2) is 0 Å². The van der Waals surface area contributed by atoms with Gasteiger partial charge in [-0.15, -0.1) is 0 Å². The lowest BCUT2D eigenvalue weighted by atomic mass is 9.67. The largest absolute Gasteiger partial charge is 0.407 e. The molecule has 5 N–H and O–H groups in total. The van der Waals surface area contributed by atoms with Gasteiger partial charge in [0.05, 0.1) is 23.7 Å². The number of nitrogens with one attached hydrogen (secondary N) is 1. The molecule has 7 heteroatoms. The summed E-state index contributed by atoms with van der Waals surface area (Å²) < 4.78 is 10.4. The van der Waals surface area contributed by atoms with Gasteiger partial charge in [0.25, 0.3) is 6.02 Å². The van der Waals surface area contributed by atoms with Gasteiger partial charge < -0.3 is 25.4 Å². The van der Waals surface area contributed by atoms with Crippen molar-refractivity contribution in [2.75, 3.05) is 7.11 Å². The number of aliphatic hydroxyl groups is 2. The van der Waals surface area contributed by atoms with Crippen LogP contribution in [-0.4, -0.2) is 35.4 Å². The summed E-state index contributed by atoms with van der Waals surface area (Å²) in [5.41, 5.74) is 8.22. The highest BCUT2D eigenvalue weighted by molar-refractivity contribution is 5.74. The Labute approximate surface area is 198 Å². The number of nitrogens with zero attached hydrogens (tertiary/aromatic N) is 1. The maximum Gasteiger partial charge on any atom is 0.331 e. The Bertz CT molecular complexity index is 926. The third kappa shape index (κ3) is 8.01. The number of amidine groups is 1. The first-order valence-electron chi connectivity index (χ1n) is 11.1. The smallest absolute Gasteiger partial charge is 0.331 e. The predicted octanol–water partition coefficient (Wildman–Crippen LogP) is 4.47. The molecule has 0 heterocycles. The Kier molecular flexibility index (Phi) is 9.86. The molecule has 0 amide bonds. The molecule has 0 fully saturated rings. The van der Waals surface area contributed by atoms with Crippen molar-refractivity contribution in [2.45, 2.75) is 66.5 Å². The van der Waals surface area contributed by atoms with Gasteiger partial charge >= 0.3 is 5.97 Å². The van der Waals surface area contributed by atoms with Gasteiger partial charge in [-0.3, -0.25) is 5.41 Å². The summed E-state index contributed by atoms with van der Waals surface area (Å²) in [6, 6.07) is 6.84. The number of nitrogens with two attached hydrogens (primary N) is 1. The summed E-state index contributed by atoms with van der Waals surface area (Å²) >= 11 is 0. The van der Waals surface area contributed by atoms with Crippen LogP contribution in [0.5, 0.6) is 0 Å². The van der Waals surface area contributed by atoms with Crippen LogP contribution in [0.1, 0.15) is 64.2 Å². The zero-order valence-corrected chi connectivity index (χ0v) is 20.9. The van der Waals surface area contributed by atoms with E-state index in [1.807, 2.05) is 53.7 Å². The van der Waals surface area contributed by atoms with E-state index in [1.165, 1.54) is 0 Å². The van der Waals surface area contributed by atoms with Crippen LogP contribution in [0.25, 0.3) is 5.57 Å². The van der Waals surface area contributed by atoms with E-state index < -0.39 is 23.3 Å². The van der Waals surface area contributed by atoms with Gasteiger partial charge in [0, 0.05) is 7.11 Å². The molecule has 0 aliphatic rings. The van der Waals surface area contributed by atoms with Crippen LogP contribution >= 0.6 is 0 Å². The van der Waals surface area contributed by atoms with Gasteiger partial charge in [-0.2, -0.15) is 5.26 Å². The molecule has 182 valence electrons. The van der Waals surface area contributed by atoms with Crippen molar-refractivity contribution in [1.82, 2.24) is 0 Å². The molecule has 0 spiro atoms. The number of allylic oxidation sites excluding steroid dienone is 2. The number of rotatable bonds is 11. The van der Waals surface area contributed by atoms with E-state index in [4.69, 9.17) is 20.6 Å². The quantitative estimate of drug-likeness (QED) is 0.168. The minimum atomic E-state index is -2.72. The number of aryl methyl sites for hydroxylation is 1.